The minimum atomic E-state index is -0.526. The Morgan fingerprint density at radius 3 is 2.40 bits per heavy atom. The van der Waals surface area contributed by atoms with Crippen molar-refractivity contribution in [1.29, 1.82) is 0 Å². The molecular formula is C27H30FN3O4. The third-order valence-electron chi connectivity index (χ3n) is 5.44. The normalized spacial score (nSPS) is 13.7. The number of aromatic hydroxyl groups is 1. The molecule has 3 N–H and O–H groups in total. The first-order valence-electron chi connectivity index (χ1n) is 11.4. The molecule has 1 saturated heterocycles. The van der Waals surface area contributed by atoms with E-state index in [-0.39, 0.29) is 17.4 Å². The second kappa shape index (κ2) is 13.1. The fraction of sp³-hybridized carbons (Fsp3) is 0.259. The Morgan fingerprint density at radius 2 is 1.71 bits per heavy atom. The lowest BCUT2D eigenvalue weighted by molar-refractivity contribution is -0.105. The summed E-state index contributed by atoms with van der Waals surface area (Å²) in [5, 5.41) is 14.7. The van der Waals surface area contributed by atoms with Gasteiger partial charge in [-0.3, -0.25) is 9.59 Å². The summed E-state index contributed by atoms with van der Waals surface area (Å²) < 4.78 is 18.8. The van der Waals surface area contributed by atoms with Crippen molar-refractivity contribution in [3.63, 3.8) is 0 Å². The zero-order valence-electron chi connectivity index (χ0n) is 19.6. The van der Waals surface area contributed by atoms with Crippen LogP contribution in [-0.2, 0) is 16.0 Å². The highest BCUT2D eigenvalue weighted by atomic mass is 19.1. The van der Waals surface area contributed by atoms with Gasteiger partial charge in [-0.2, -0.15) is 0 Å². The van der Waals surface area contributed by atoms with Gasteiger partial charge >= 0.3 is 0 Å². The zero-order chi connectivity index (χ0) is 25.0. The quantitative estimate of drug-likeness (QED) is 0.446. The van der Waals surface area contributed by atoms with Gasteiger partial charge in [0, 0.05) is 19.1 Å². The fourth-order valence-electron chi connectivity index (χ4n) is 3.72. The monoisotopic (exact) mass is 479 g/mol. The molecule has 1 aliphatic heterocycles. The first kappa shape index (κ1) is 25.7. The van der Waals surface area contributed by atoms with E-state index in [1.54, 1.807) is 36.4 Å². The number of morpholine rings is 1. The van der Waals surface area contributed by atoms with Gasteiger partial charge in [0.25, 0.3) is 5.91 Å². The largest absolute Gasteiger partial charge is 0.508 e. The second-order valence-corrected chi connectivity index (χ2v) is 8.10. The average Bonchev–Trinajstić information content (AvgIpc) is 2.87. The molecule has 1 aliphatic rings. The van der Waals surface area contributed by atoms with Gasteiger partial charge in [0.2, 0.25) is 6.41 Å². The van der Waals surface area contributed by atoms with E-state index in [0.29, 0.717) is 12.8 Å². The summed E-state index contributed by atoms with van der Waals surface area (Å²) in [6.45, 7) is 5.09. The molecule has 8 heteroatoms. The Bertz CT molecular complexity index is 1100. The highest BCUT2D eigenvalue weighted by Crippen LogP contribution is 2.25. The number of phenols is 1. The maximum Gasteiger partial charge on any atom is 0.254 e. The van der Waals surface area contributed by atoms with E-state index >= 15 is 0 Å². The van der Waals surface area contributed by atoms with Crippen molar-refractivity contribution in [3.8, 4) is 5.75 Å². The molecule has 0 saturated carbocycles. The molecule has 1 fully saturated rings. The van der Waals surface area contributed by atoms with E-state index in [2.05, 4.69) is 15.5 Å². The number of carbonyl (C=O) groups excluding carboxylic acids is 2. The molecule has 3 aromatic rings. The number of ether oxygens (including phenoxy) is 1. The Hall–Kier alpha value is -3.91. The molecule has 184 valence electrons. The number of para-hydroxylation sites is 2. The van der Waals surface area contributed by atoms with Crippen LogP contribution in [0.1, 0.15) is 22.8 Å². The van der Waals surface area contributed by atoms with Crippen molar-refractivity contribution >= 4 is 23.7 Å². The minimum Gasteiger partial charge on any atom is -0.508 e. The van der Waals surface area contributed by atoms with Gasteiger partial charge in [-0.05, 0) is 55.3 Å². The zero-order valence-corrected chi connectivity index (χ0v) is 19.6. The van der Waals surface area contributed by atoms with Crippen molar-refractivity contribution < 1.29 is 23.8 Å². The van der Waals surface area contributed by atoms with E-state index < -0.39 is 11.7 Å². The number of nitrogens with zero attached hydrogens (tertiary/aromatic N) is 1. The second-order valence-electron chi connectivity index (χ2n) is 8.10. The van der Waals surface area contributed by atoms with Gasteiger partial charge in [0.15, 0.2) is 0 Å². The van der Waals surface area contributed by atoms with Crippen molar-refractivity contribution in [3.05, 3.63) is 89.7 Å². The van der Waals surface area contributed by atoms with Crippen LogP contribution < -0.4 is 15.5 Å². The molecule has 0 radical (unpaired) electrons. The number of anilines is 2. The number of nitrogens with one attached hydrogen (secondary N) is 2. The third kappa shape index (κ3) is 7.82. The summed E-state index contributed by atoms with van der Waals surface area (Å²) in [7, 11) is 0. The molecule has 0 spiro atoms. The van der Waals surface area contributed by atoms with Crippen molar-refractivity contribution in [2.24, 2.45) is 0 Å². The van der Waals surface area contributed by atoms with Crippen LogP contribution in [-0.4, -0.2) is 49.8 Å². The molecule has 2 amide bonds. The van der Waals surface area contributed by atoms with Gasteiger partial charge in [-0.1, -0.05) is 36.4 Å². The fourth-order valence-corrected chi connectivity index (χ4v) is 3.72. The smallest absolute Gasteiger partial charge is 0.254 e. The van der Waals surface area contributed by atoms with Gasteiger partial charge in [0.1, 0.15) is 11.6 Å². The predicted molar refractivity (Wildman–Crippen MR) is 134 cm³/mol. The predicted octanol–water partition coefficient (Wildman–Crippen LogP) is 3.98. The van der Waals surface area contributed by atoms with E-state index in [9.17, 15) is 19.1 Å². The number of rotatable bonds is 7. The van der Waals surface area contributed by atoms with Gasteiger partial charge in [-0.15, -0.1) is 0 Å². The van der Waals surface area contributed by atoms with Crippen LogP contribution in [0.4, 0.5) is 15.8 Å². The Balaban J connectivity index is 0.000000203. The number of carbonyl (C=O) groups is 2. The maximum atomic E-state index is 13.5. The molecule has 4 rings (SSSR count). The van der Waals surface area contributed by atoms with E-state index in [0.717, 1.165) is 43.2 Å². The lowest BCUT2D eigenvalue weighted by Crippen LogP contribution is -2.36. The van der Waals surface area contributed by atoms with Crippen LogP contribution in [0.5, 0.6) is 5.75 Å². The first-order valence-corrected chi connectivity index (χ1v) is 11.4. The molecule has 1 atom stereocenters. The Labute approximate surface area is 204 Å². The lowest BCUT2D eigenvalue weighted by Gasteiger charge is -2.30. The van der Waals surface area contributed by atoms with Gasteiger partial charge in [-0.25, -0.2) is 4.39 Å². The number of hydrogen-bond acceptors (Lipinski definition) is 5. The van der Waals surface area contributed by atoms with Crippen LogP contribution in [0.2, 0.25) is 0 Å². The van der Waals surface area contributed by atoms with Gasteiger partial charge in [0.05, 0.1) is 30.2 Å². The summed E-state index contributed by atoms with van der Waals surface area (Å²) in [4.78, 5) is 24.6. The van der Waals surface area contributed by atoms with Crippen molar-refractivity contribution in [2.75, 3.05) is 36.5 Å². The van der Waals surface area contributed by atoms with Crippen molar-refractivity contribution in [2.45, 2.75) is 19.4 Å². The van der Waals surface area contributed by atoms with E-state index in [1.807, 2.05) is 31.2 Å². The Morgan fingerprint density at radius 1 is 1.06 bits per heavy atom. The highest BCUT2D eigenvalue weighted by Gasteiger charge is 2.14. The average molecular weight is 480 g/mol. The molecule has 3 aromatic carbocycles. The van der Waals surface area contributed by atoms with Gasteiger partial charge < -0.3 is 25.4 Å². The van der Waals surface area contributed by atoms with E-state index in [4.69, 9.17) is 4.74 Å². The van der Waals surface area contributed by atoms with E-state index in [1.165, 1.54) is 12.1 Å². The lowest BCUT2D eigenvalue weighted by atomic mass is 10.1. The van der Waals surface area contributed by atoms with Crippen LogP contribution in [0, 0.1) is 5.82 Å². The third-order valence-corrected chi connectivity index (χ3v) is 5.44. The SMILES string of the molecule is CC(Cc1ccc(O)cc1)NC(=O)c1ccccc1F.O=CNc1ccccc1N1CCOCC1. The summed E-state index contributed by atoms with van der Waals surface area (Å²) >= 11 is 0. The number of halogens is 1. The molecule has 0 bridgehead atoms. The number of phenolic OH excluding ortho intramolecular Hbond substituents is 1. The molecule has 0 aliphatic carbocycles. The number of amides is 2. The van der Waals surface area contributed by atoms with Crippen molar-refractivity contribution in [1.82, 2.24) is 5.32 Å². The summed E-state index contributed by atoms with van der Waals surface area (Å²) in [6, 6.07) is 20.3. The maximum absolute atomic E-state index is 13.5. The molecule has 7 nitrogen and oxygen atoms in total. The molecule has 1 heterocycles. The topological polar surface area (TPSA) is 90.9 Å². The number of hydrogen-bond donors (Lipinski definition) is 3. The summed E-state index contributed by atoms with van der Waals surface area (Å²) in [5.41, 5.74) is 2.96. The summed E-state index contributed by atoms with van der Waals surface area (Å²) in [5.74, 6) is -0.743. The van der Waals surface area contributed by atoms with Crippen LogP contribution >= 0.6 is 0 Å². The molecular weight excluding hydrogens is 449 g/mol. The van der Waals surface area contributed by atoms with Crippen LogP contribution in [0.15, 0.2) is 72.8 Å². The highest BCUT2D eigenvalue weighted by molar-refractivity contribution is 5.94. The first-order chi connectivity index (χ1) is 17.0. The summed E-state index contributed by atoms with van der Waals surface area (Å²) in [6.07, 6.45) is 1.32. The van der Waals surface area contributed by atoms with Crippen LogP contribution in [0.25, 0.3) is 0 Å². The molecule has 35 heavy (non-hydrogen) atoms. The molecule has 1 unspecified atom stereocenters. The Kier molecular flexibility index (Phi) is 9.62. The van der Waals surface area contributed by atoms with Crippen LogP contribution in [0.3, 0.4) is 0 Å². The molecule has 0 aromatic heterocycles. The standard InChI is InChI=1S/C16H16FNO2.C11H14N2O2/c1-11(10-12-6-8-13(19)9-7-12)18-16(20)14-4-2-3-5-15(14)17;14-9-12-10-3-1-2-4-11(10)13-5-7-15-8-6-13/h2-9,11,19H,10H2,1H3,(H,18,20);1-4,9H,5-8H2,(H,12,14). The number of benzene rings is 3. The minimum absolute atomic E-state index is 0.0463.